The highest BCUT2D eigenvalue weighted by molar-refractivity contribution is 5.47. The number of hydrogen-bond acceptors (Lipinski definition) is 3. The van der Waals surface area contributed by atoms with Crippen molar-refractivity contribution in [2.75, 3.05) is 12.3 Å². The van der Waals surface area contributed by atoms with Crippen molar-refractivity contribution in [3.05, 3.63) is 23.8 Å². The number of rotatable bonds is 2. The van der Waals surface area contributed by atoms with Gasteiger partial charge in [-0.15, -0.1) is 0 Å². The molecule has 0 spiro atoms. The van der Waals surface area contributed by atoms with Gasteiger partial charge in [0.25, 0.3) is 0 Å². The van der Waals surface area contributed by atoms with Crippen molar-refractivity contribution >= 4 is 5.69 Å². The minimum absolute atomic E-state index is 0.268. The average Bonchev–Trinajstić information content (AvgIpc) is 1.98. The topological polar surface area (TPSA) is 72.3 Å². The molecule has 0 atom stereocenters. The van der Waals surface area contributed by atoms with E-state index in [1.807, 2.05) is 0 Å². The van der Waals surface area contributed by atoms with Crippen LogP contribution in [-0.4, -0.2) is 11.7 Å². The fourth-order valence-corrected chi connectivity index (χ4v) is 0.961. The molecule has 1 aromatic carbocycles. The minimum Gasteiger partial charge on any atom is -0.508 e. The van der Waals surface area contributed by atoms with Gasteiger partial charge in [0.15, 0.2) is 0 Å². The first kappa shape index (κ1) is 7.88. The molecule has 0 saturated carbocycles. The maximum absolute atomic E-state index is 9.25. The fourth-order valence-electron chi connectivity index (χ4n) is 0.961. The lowest BCUT2D eigenvalue weighted by Crippen LogP contribution is -2.03. The fraction of sp³-hybridized carbons (Fsp3) is 0.250. The van der Waals surface area contributed by atoms with Crippen LogP contribution >= 0.6 is 0 Å². The van der Waals surface area contributed by atoms with Crippen LogP contribution in [-0.2, 0) is 6.42 Å². The molecule has 5 N–H and O–H groups in total. The van der Waals surface area contributed by atoms with Crippen molar-refractivity contribution in [3.8, 4) is 5.75 Å². The van der Waals surface area contributed by atoms with Gasteiger partial charge in [0.05, 0.1) is 0 Å². The first-order valence-electron chi connectivity index (χ1n) is 3.51. The second kappa shape index (κ2) is 3.25. The highest BCUT2D eigenvalue weighted by Gasteiger charge is 1.98. The largest absolute Gasteiger partial charge is 0.508 e. The van der Waals surface area contributed by atoms with Crippen molar-refractivity contribution in [2.45, 2.75) is 6.42 Å². The highest BCUT2D eigenvalue weighted by Crippen LogP contribution is 2.19. The van der Waals surface area contributed by atoms with Crippen molar-refractivity contribution in [2.24, 2.45) is 5.73 Å². The zero-order valence-corrected chi connectivity index (χ0v) is 6.25. The van der Waals surface area contributed by atoms with Crippen LogP contribution in [0.25, 0.3) is 0 Å². The minimum atomic E-state index is 0.268. The molecule has 1 aromatic rings. The predicted octanol–water partition coefficient (Wildman–Crippen LogP) is 0.476. The first-order chi connectivity index (χ1) is 5.24. The number of hydrogen-bond donors (Lipinski definition) is 3. The van der Waals surface area contributed by atoms with Crippen LogP contribution in [0.4, 0.5) is 5.69 Å². The molecule has 3 heteroatoms. The molecular weight excluding hydrogens is 140 g/mol. The van der Waals surface area contributed by atoms with Crippen molar-refractivity contribution < 1.29 is 5.11 Å². The van der Waals surface area contributed by atoms with Crippen LogP contribution in [0.2, 0.25) is 0 Å². The molecule has 0 heterocycles. The number of aromatic hydroxyl groups is 1. The van der Waals surface area contributed by atoms with E-state index in [2.05, 4.69) is 0 Å². The van der Waals surface area contributed by atoms with Crippen LogP contribution in [0.1, 0.15) is 5.56 Å². The molecule has 0 aliphatic rings. The maximum atomic E-state index is 9.25. The van der Waals surface area contributed by atoms with Crippen molar-refractivity contribution in [1.82, 2.24) is 0 Å². The normalized spacial score (nSPS) is 9.91. The van der Waals surface area contributed by atoms with Crippen LogP contribution in [0.5, 0.6) is 5.75 Å². The lowest BCUT2D eigenvalue weighted by Gasteiger charge is -2.02. The lowest BCUT2D eigenvalue weighted by molar-refractivity contribution is 0.468. The van der Waals surface area contributed by atoms with Gasteiger partial charge in [-0.1, -0.05) is 0 Å². The third-order valence-corrected chi connectivity index (χ3v) is 1.52. The van der Waals surface area contributed by atoms with Crippen LogP contribution in [0, 0.1) is 0 Å². The van der Waals surface area contributed by atoms with E-state index in [4.69, 9.17) is 11.5 Å². The zero-order valence-electron chi connectivity index (χ0n) is 6.25. The summed E-state index contributed by atoms with van der Waals surface area (Å²) in [7, 11) is 0. The number of benzene rings is 1. The molecule has 0 aliphatic carbocycles. The molecule has 60 valence electrons. The summed E-state index contributed by atoms with van der Waals surface area (Å²) < 4.78 is 0. The van der Waals surface area contributed by atoms with Gasteiger partial charge in [-0.25, -0.2) is 0 Å². The summed E-state index contributed by atoms with van der Waals surface area (Å²) >= 11 is 0. The van der Waals surface area contributed by atoms with Gasteiger partial charge < -0.3 is 16.6 Å². The Balaban J connectivity index is 2.93. The van der Waals surface area contributed by atoms with E-state index in [-0.39, 0.29) is 5.75 Å². The Morgan fingerprint density at radius 2 is 2.09 bits per heavy atom. The molecule has 0 fully saturated rings. The number of phenolic OH excluding ortho intramolecular Hbond substituents is 1. The second-order valence-electron chi connectivity index (χ2n) is 2.43. The van der Waals surface area contributed by atoms with Crippen molar-refractivity contribution in [1.29, 1.82) is 0 Å². The summed E-state index contributed by atoms with van der Waals surface area (Å²) in [6.07, 6.45) is 0.664. The summed E-state index contributed by atoms with van der Waals surface area (Å²) in [4.78, 5) is 0. The Morgan fingerprint density at radius 3 is 2.73 bits per heavy atom. The Bertz CT molecular complexity index is 248. The summed E-state index contributed by atoms with van der Waals surface area (Å²) in [5.74, 6) is 0.268. The summed E-state index contributed by atoms with van der Waals surface area (Å²) in [6, 6.07) is 4.98. The van der Waals surface area contributed by atoms with E-state index in [9.17, 15) is 5.11 Å². The standard InChI is InChI=1S/C8H12N2O/c9-4-3-6-5-7(10)1-2-8(6)11/h1-2,5,11H,3-4,9-10H2. The number of phenols is 1. The summed E-state index contributed by atoms with van der Waals surface area (Å²) in [5.41, 5.74) is 12.3. The van der Waals surface area contributed by atoms with Gasteiger partial charge in [0, 0.05) is 5.69 Å². The SMILES string of the molecule is NCCc1cc(N)ccc1O. The van der Waals surface area contributed by atoms with Gasteiger partial charge in [0.1, 0.15) is 5.75 Å². The van der Waals surface area contributed by atoms with Crippen molar-refractivity contribution in [3.63, 3.8) is 0 Å². The van der Waals surface area contributed by atoms with E-state index in [1.165, 1.54) is 0 Å². The molecule has 0 saturated heterocycles. The molecule has 11 heavy (non-hydrogen) atoms. The maximum Gasteiger partial charge on any atom is 0.118 e. The quantitative estimate of drug-likeness (QED) is 0.426. The third kappa shape index (κ3) is 1.85. The Hall–Kier alpha value is -1.22. The van der Waals surface area contributed by atoms with Crippen LogP contribution in [0.3, 0.4) is 0 Å². The lowest BCUT2D eigenvalue weighted by atomic mass is 10.1. The van der Waals surface area contributed by atoms with Crippen LogP contribution < -0.4 is 11.5 Å². The van der Waals surface area contributed by atoms with Crippen LogP contribution in [0.15, 0.2) is 18.2 Å². The van der Waals surface area contributed by atoms with Gasteiger partial charge in [-0.3, -0.25) is 0 Å². The highest BCUT2D eigenvalue weighted by atomic mass is 16.3. The molecule has 3 nitrogen and oxygen atoms in total. The van der Waals surface area contributed by atoms with Gasteiger partial charge in [-0.2, -0.15) is 0 Å². The predicted molar refractivity (Wildman–Crippen MR) is 45.3 cm³/mol. The summed E-state index contributed by atoms with van der Waals surface area (Å²) in [5, 5.41) is 9.25. The second-order valence-corrected chi connectivity index (χ2v) is 2.43. The molecule has 0 bridgehead atoms. The van der Waals surface area contributed by atoms with Gasteiger partial charge in [-0.05, 0) is 36.7 Å². The molecule has 0 aliphatic heterocycles. The summed E-state index contributed by atoms with van der Waals surface area (Å²) in [6.45, 7) is 0.525. The number of anilines is 1. The molecule has 0 unspecified atom stereocenters. The number of nitrogen functional groups attached to an aromatic ring is 1. The first-order valence-corrected chi connectivity index (χ1v) is 3.51. The molecule has 0 amide bonds. The Kier molecular flexibility index (Phi) is 2.33. The zero-order chi connectivity index (χ0) is 8.27. The molecular formula is C8H12N2O. The van der Waals surface area contributed by atoms with Gasteiger partial charge >= 0.3 is 0 Å². The van der Waals surface area contributed by atoms with E-state index in [0.717, 1.165) is 5.56 Å². The third-order valence-electron chi connectivity index (χ3n) is 1.52. The van der Waals surface area contributed by atoms with E-state index in [0.29, 0.717) is 18.7 Å². The van der Waals surface area contributed by atoms with Gasteiger partial charge in [0.2, 0.25) is 0 Å². The average molecular weight is 152 g/mol. The molecule has 1 rings (SSSR count). The van der Waals surface area contributed by atoms with E-state index in [1.54, 1.807) is 18.2 Å². The van der Waals surface area contributed by atoms with E-state index >= 15 is 0 Å². The molecule has 0 aromatic heterocycles. The molecule has 0 radical (unpaired) electrons. The Morgan fingerprint density at radius 1 is 1.36 bits per heavy atom. The monoisotopic (exact) mass is 152 g/mol. The number of nitrogens with two attached hydrogens (primary N) is 2. The Labute approximate surface area is 65.6 Å². The van der Waals surface area contributed by atoms with E-state index < -0.39 is 0 Å². The smallest absolute Gasteiger partial charge is 0.118 e.